The molecule has 0 spiro atoms. The minimum absolute atomic E-state index is 0.101. The lowest BCUT2D eigenvalue weighted by Crippen LogP contribution is -2.48. The molecule has 1 aromatic rings. The molecule has 1 saturated heterocycles. The molecule has 6 nitrogen and oxygen atoms in total. The molecule has 2 aliphatic heterocycles. The molecule has 0 saturated carbocycles. The van der Waals surface area contributed by atoms with Gasteiger partial charge >= 0.3 is 5.97 Å². The molecule has 2 heterocycles. The van der Waals surface area contributed by atoms with Gasteiger partial charge in [0.25, 0.3) is 5.91 Å². The van der Waals surface area contributed by atoms with Crippen molar-refractivity contribution in [1.29, 1.82) is 0 Å². The largest absolute Gasteiger partial charge is 0.453 e. The van der Waals surface area contributed by atoms with Crippen molar-refractivity contribution < 1.29 is 19.1 Å². The van der Waals surface area contributed by atoms with Crippen LogP contribution < -0.4 is 10.2 Å². The minimum atomic E-state index is -1.08. The van der Waals surface area contributed by atoms with E-state index in [2.05, 4.69) is 11.9 Å². The number of anilines is 1. The number of carbonyl (C=O) groups excluding carboxylic acids is 3. The topological polar surface area (TPSA) is 75.7 Å². The van der Waals surface area contributed by atoms with Gasteiger partial charge in [-0.05, 0) is 12.1 Å². The lowest BCUT2D eigenvalue weighted by atomic mass is 10.2. The summed E-state index contributed by atoms with van der Waals surface area (Å²) in [6, 6.07) is 7.38. The van der Waals surface area contributed by atoms with Crippen molar-refractivity contribution in [1.82, 2.24) is 5.32 Å². The van der Waals surface area contributed by atoms with Crippen LogP contribution in [-0.2, 0) is 19.1 Å². The molecule has 0 aromatic heterocycles. The first-order valence-corrected chi connectivity index (χ1v) is 8.06. The van der Waals surface area contributed by atoms with E-state index in [9.17, 15) is 14.4 Å². The molecular weight excluding hydrogens is 316 g/mol. The highest BCUT2D eigenvalue weighted by atomic mass is 32.2. The van der Waals surface area contributed by atoms with Gasteiger partial charge < -0.3 is 10.1 Å². The maximum atomic E-state index is 12.6. The Balaban J connectivity index is 1.76. The Bertz CT molecular complexity index is 690. The molecule has 0 bridgehead atoms. The highest BCUT2D eigenvalue weighted by molar-refractivity contribution is 8.02. The number of rotatable bonds is 5. The average Bonchev–Trinajstić information content (AvgIpc) is 3.06. The summed E-state index contributed by atoms with van der Waals surface area (Å²) in [6.07, 6.45) is 2.20. The third-order valence-electron chi connectivity index (χ3n) is 3.77. The van der Waals surface area contributed by atoms with Crippen LogP contribution in [0.2, 0.25) is 0 Å². The maximum absolute atomic E-state index is 12.6. The van der Waals surface area contributed by atoms with Crippen LogP contribution in [0.5, 0.6) is 0 Å². The second-order valence-electron chi connectivity index (χ2n) is 5.25. The van der Waals surface area contributed by atoms with Gasteiger partial charge in [-0.25, -0.2) is 4.79 Å². The Hall–Kier alpha value is -2.28. The van der Waals surface area contributed by atoms with E-state index >= 15 is 0 Å². The molecule has 0 unspecified atom stereocenters. The van der Waals surface area contributed by atoms with E-state index in [0.29, 0.717) is 19.4 Å². The lowest BCUT2D eigenvalue weighted by Gasteiger charge is -2.28. The number of hydrogen-bond acceptors (Lipinski definition) is 5. The van der Waals surface area contributed by atoms with Gasteiger partial charge in [0.05, 0.1) is 5.69 Å². The number of ether oxygens (including phenoxy) is 1. The highest BCUT2D eigenvalue weighted by Gasteiger charge is 2.58. The first kappa shape index (κ1) is 15.6. The smallest absolute Gasteiger partial charge is 0.344 e. The lowest BCUT2D eigenvalue weighted by molar-refractivity contribution is -0.150. The SMILES string of the molecule is C=CCNC(=O)COC(=O)[C@]12CCC(=O)N1c1ccccc1S2. The quantitative estimate of drug-likeness (QED) is 0.653. The van der Waals surface area contributed by atoms with Crippen LogP contribution in [0.4, 0.5) is 5.69 Å². The predicted octanol–water partition coefficient (Wildman–Crippen LogP) is 1.46. The van der Waals surface area contributed by atoms with Crippen LogP contribution in [0.15, 0.2) is 41.8 Å². The van der Waals surface area contributed by atoms with Crippen molar-refractivity contribution in [3.8, 4) is 0 Å². The number of para-hydroxylation sites is 1. The first-order valence-electron chi connectivity index (χ1n) is 7.24. The number of esters is 1. The Kier molecular flexibility index (Phi) is 4.12. The molecule has 1 atom stereocenters. The molecule has 2 amide bonds. The number of amides is 2. The van der Waals surface area contributed by atoms with E-state index in [-0.39, 0.29) is 12.5 Å². The highest BCUT2D eigenvalue weighted by Crippen LogP contribution is 2.56. The van der Waals surface area contributed by atoms with Gasteiger partial charge in [-0.3, -0.25) is 14.5 Å². The summed E-state index contributed by atoms with van der Waals surface area (Å²) >= 11 is 1.32. The number of thioether (sulfide) groups is 1. The van der Waals surface area contributed by atoms with Crippen molar-refractivity contribution in [2.75, 3.05) is 18.1 Å². The second kappa shape index (κ2) is 6.08. The third-order valence-corrected chi connectivity index (χ3v) is 5.23. The van der Waals surface area contributed by atoms with Crippen LogP contribution in [0.25, 0.3) is 0 Å². The molecule has 1 N–H and O–H groups in total. The zero-order valence-electron chi connectivity index (χ0n) is 12.4. The zero-order chi connectivity index (χ0) is 16.4. The summed E-state index contributed by atoms with van der Waals surface area (Å²) in [6.45, 7) is 3.44. The Labute approximate surface area is 137 Å². The van der Waals surface area contributed by atoms with Gasteiger partial charge in [-0.1, -0.05) is 30.0 Å². The molecule has 2 aliphatic rings. The number of nitrogens with zero attached hydrogens (tertiary/aromatic N) is 1. The maximum Gasteiger partial charge on any atom is 0.344 e. The fourth-order valence-electron chi connectivity index (χ4n) is 2.75. The van der Waals surface area contributed by atoms with Gasteiger partial charge in [0.2, 0.25) is 5.91 Å². The molecule has 7 heteroatoms. The zero-order valence-corrected chi connectivity index (χ0v) is 13.2. The Morgan fingerprint density at radius 1 is 1.43 bits per heavy atom. The summed E-state index contributed by atoms with van der Waals surface area (Å²) in [5, 5.41) is 2.54. The van der Waals surface area contributed by atoms with Crippen LogP contribution in [0.3, 0.4) is 0 Å². The standard InChI is InChI=1S/C16H16N2O4S/c1-2-9-17-13(19)10-22-15(21)16-8-7-14(20)18(16)11-5-3-4-6-12(11)23-16/h2-6H,1,7-10H2,(H,17,19)/t16-/m1/s1. The third kappa shape index (κ3) is 2.61. The summed E-state index contributed by atoms with van der Waals surface area (Å²) in [7, 11) is 0. The van der Waals surface area contributed by atoms with Gasteiger partial charge in [0, 0.05) is 24.3 Å². The second-order valence-corrected chi connectivity index (χ2v) is 6.57. The number of nitrogens with one attached hydrogen (secondary N) is 1. The molecule has 23 heavy (non-hydrogen) atoms. The number of fused-ring (bicyclic) bond motifs is 3. The normalized spacial score (nSPS) is 21.6. The molecule has 0 aliphatic carbocycles. The number of hydrogen-bond donors (Lipinski definition) is 1. The van der Waals surface area contributed by atoms with Gasteiger partial charge in [-0.15, -0.1) is 6.58 Å². The van der Waals surface area contributed by atoms with E-state index in [1.54, 1.807) is 6.08 Å². The Morgan fingerprint density at radius 3 is 3.00 bits per heavy atom. The Morgan fingerprint density at radius 2 is 2.22 bits per heavy atom. The number of benzene rings is 1. The van der Waals surface area contributed by atoms with Crippen LogP contribution in [0.1, 0.15) is 12.8 Å². The van der Waals surface area contributed by atoms with Crippen molar-refractivity contribution in [3.63, 3.8) is 0 Å². The molecule has 3 rings (SSSR count). The fraction of sp³-hybridized carbons (Fsp3) is 0.312. The van der Waals surface area contributed by atoms with E-state index < -0.39 is 16.7 Å². The molecular formula is C16H16N2O4S. The minimum Gasteiger partial charge on any atom is -0.453 e. The van der Waals surface area contributed by atoms with Gasteiger partial charge in [0.1, 0.15) is 0 Å². The van der Waals surface area contributed by atoms with Crippen LogP contribution in [0, 0.1) is 0 Å². The molecule has 1 fully saturated rings. The van der Waals surface area contributed by atoms with Crippen LogP contribution >= 0.6 is 11.8 Å². The summed E-state index contributed by atoms with van der Waals surface area (Å²) in [5.74, 6) is -1.06. The molecule has 1 aromatic carbocycles. The van der Waals surface area contributed by atoms with E-state index in [0.717, 1.165) is 10.6 Å². The van der Waals surface area contributed by atoms with E-state index in [1.807, 2.05) is 24.3 Å². The van der Waals surface area contributed by atoms with Crippen molar-refractivity contribution >= 4 is 35.2 Å². The first-order chi connectivity index (χ1) is 11.1. The number of carbonyl (C=O) groups is 3. The molecule has 0 radical (unpaired) electrons. The summed E-state index contributed by atoms with van der Waals surface area (Å²) in [5.41, 5.74) is 0.730. The van der Waals surface area contributed by atoms with Gasteiger partial charge in [-0.2, -0.15) is 0 Å². The summed E-state index contributed by atoms with van der Waals surface area (Å²) in [4.78, 5) is 37.7. The van der Waals surface area contributed by atoms with Gasteiger partial charge in [0.15, 0.2) is 11.5 Å². The van der Waals surface area contributed by atoms with Crippen LogP contribution in [-0.4, -0.2) is 35.8 Å². The monoisotopic (exact) mass is 332 g/mol. The van der Waals surface area contributed by atoms with Crippen molar-refractivity contribution in [2.24, 2.45) is 0 Å². The fourth-order valence-corrected chi connectivity index (χ4v) is 4.17. The molecule has 120 valence electrons. The van der Waals surface area contributed by atoms with Crippen molar-refractivity contribution in [2.45, 2.75) is 22.6 Å². The average molecular weight is 332 g/mol. The predicted molar refractivity (Wildman–Crippen MR) is 85.9 cm³/mol. The van der Waals surface area contributed by atoms with E-state index in [4.69, 9.17) is 4.74 Å². The van der Waals surface area contributed by atoms with Crippen molar-refractivity contribution in [3.05, 3.63) is 36.9 Å². The van der Waals surface area contributed by atoms with E-state index in [1.165, 1.54) is 16.7 Å². The summed E-state index contributed by atoms with van der Waals surface area (Å²) < 4.78 is 5.17.